The molecule has 110 valence electrons. The number of nitrogens with zero attached hydrogens (tertiary/aromatic N) is 2. The van der Waals surface area contributed by atoms with Gasteiger partial charge in [-0.15, -0.1) is 0 Å². The van der Waals surface area contributed by atoms with Crippen LogP contribution in [0.25, 0.3) is 0 Å². The van der Waals surface area contributed by atoms with Crippen molar-refractivity contribution in [3.8, 4) is 0 Å². The van der Waals surface area contributed by atoms with Crippen LogP contribution in [-0.4, -0.2) is 18.1 Å². The zero-order valence-electron chi connectivity index (χ0n) is 11.0. The molecule has 3 rings (SSSR count). The molecular formula is C14H16ClF3N2. The average Bonchev–Trinajstić information content (AvgIpc) is 3.21. The van der Waals surface area contributed by atoms with Gasteiger partial charge >= 0.3 is 6.18 Å². The first-order chi connectivity index (χ1) is 9.41. The van der Waals surface area contributed by atoms with Crippen molar-refractivity contribution in [3.63, 3.8) is 0 Å². The lowest BCUT2D eigenvalue weighted by Gasteiger charge is -2.24. The third-order valence-electron chi connectivity index (χ3n) is 3.78. The highest BCUT2D eigenvalue weighted by Crippen LogP contribution is 2.37. The predicted molar refractivity (Wildman–Crippen MR) is 71.9 cm³/mol. The highest BCUT2D eigenvalue weighted by Gasteiger charge is 2.34. The molecule has 2 fully saturated rings. The summed E-state index contributed by atoms with van der Waals surface area (Å²) in [6.07, 6.45) is 0.260. The zero-order valence-corrected chi connectivity index (χ0v) is 11.7. The first-order valence-corrected chi connectivity index (χ1v) is 7.29. The molecular weight excluding hydrogens is 289 g/mol. The second-order valence-electron chi connectivity index (χ2n) is 5.83. The summed E-state index contributed by atoms with van der Waals surface area (Å²) in [6.45, 7) is 1.59. The van der Waals surface area contributed by atoms with E-state index in [4.69, 9.17) is 11.6 Å². The van der Waals surface area contributed by atoms with Crippen molar-refractivity contribution in [3.05, 3.63) is 22.8 Å². The van der Waals surface area contributed by atoms with Gasteiger partial charge in [0.1, 0.15) is 11.0 Å². The Balaban J connectivity index is 1.85. The molecule has 0 aromatic carbocycles. The summed E-state index contributed by atoms with van der Waals surface area (Å²) >= 11 is 5.77. The van der Waals surface area contributed by atoms with Gasteiger partial charge in [-0.3, -0.25) is 0 Å². The summed E-state index contributed by atoms with van der Waals surface area (Å²) in [6, 6.07) is 2.01. The lowest BCUT2D eigenvalue weighted by molar-refractivity contribution is -0.137. The van der Waals surface area contributed by atoms with Gasteiger partial charge in [0.15, 0.2) is 0 Å². The van der Waals surface area contributed by atoms with Crippen molar-refractivity contribution < 1.29 is 13.2 Å². The van der Waals surface area contributed by atoms with Crippen LogP contribution >= 0.6 is 11.6 Å². The van der Waals surface area contributed by atoms with Gasteiger partial charge in [-0.25, -0.2) is 4.98 Å². The van der Waals surface area contributed by atoms with Gasteiger partial charge in [0, 0.05) is 13.1 Å². The number of hydrogen-bond acceptors (Lipinski definition) is 2. The first-order valence-electron chi connectivity index (χ1n) is 6.91. The molecule has 2 saturated carbocycles. The SMILES string of the molecule is FC(F)(F)c1cc(Cl)nc(N(CC2CC2)CC2CC2)c1. The Labute approximate surface area is 120 Å². The second kappa shape index (κ2) is 5.10. The van der Waals surface area contributed by atoms with Crippen LogP contribution in [0, 0.1) is 11.8 Å². The maximum absolute atomic E-state index is 12.9. The van der Waals surface area contributed by atoms with Gasteiger partial charge in [0.2, 0.25) is 0 Å². The molecule has 0 atom stereocenters. The zero-order chi connectivity index (χ0) is 14.3. The summed E-state index contributed by atoms with van der Waals surface area (Å²) in [5.74, 6) is 1.57. The van der Waals surface area contributed by atoms with Crippen LogP contribution < -0.4 is 4.90 Å². The van der Waals surface area contributed by atoms with Gasteiger partial charge in [-0.05, 0) is 49.7 Å². The molecule has 0 saturated heterocycles. The van der Waals surface area contributed by atoms with Crippen molar-refractivity contribution in [2.75, 3.05) is 18.0 Å². The Morgan fingerprint density at radius 1 is 1.10 bits per heavy atom. The maximum Gasteiger partial charge on any atom is 0.416 e. The number of aromatic nitrogens is 1. The lowest BCUT2D eigenvalue weighted by atomic mass is 10.2. The average molecular weight is 305 g/mol. The Hall–Kier alpha value is -0.970. The molecule has 1 aromatic heterocycles. The van der Waals surface area contributed by atoms with Crippen LogP contribution in [-0.2, 0) is 6.18 Å². The van der Waals surface area contributed by atoms with E-state index in [0.29, 0.717) is 17.7 Å². The van der Waals surface area contributed by atoms with Gasteiger partial charge in [-0.1, -0.05) is 11.6 Å². The molecule has 0 radical (unpaired) electrons. The summed E-state index contributed by atoms with van der Waals surface area (Å²) in [4.78, 5) is 6.08. The largest absolute Gasteiger partial charge is 0.416 e. The van der Waals surface area contributed by atoms with E-state index < -0.39 is 11.7 Å². The van der Waals surface area contributed by atoms with Crippen molar-refractivity contribution >= 4 is 17.4 Å². The van der Waals surface area contributed by atoms with E-state index in [1.807, 2.05) is 4.90 Å². The van der Waals surface area contributed by atoms with Crippen molar-refractivity contribution in [2.45, 2.75) is 31.9 Å². The fourth-order valence-corrected chi connectivity index (χ4v) is 2.50. The number of halogens is 4. The molecule has 2 nitrogen and oxygen atoms in total. The minimum atomic E-state index is -4.38. The monoisotopic (exact) mass is 304 g/mol. The highest BCUT2D eigenvalue weighted by molar-refractivity contribution is 6.29. The molecule has 2 aliphatic carbocycles. The second-order valence-corrected chi connectivity index (χ2v) is 6.21. The quantitative estimate of drug-likeness (QED) is 0.750. The maximum atomic E-state index is 12.9. The topological polar surface area (TPSA) is 16.1 Å². The minimum absolute atomic E-state index is 0.0913. The molecule has 0 unspecified atom stereocenters. The van der Waals surface area contributed by atoms with E-state index >= 15 is 0 Å². The summed E-state index contributed by atoms with van der Waals surface area (Å²) in [5, 5.41) is -0.0913. The van der Waals surface area contributed by atoms with Crippen LogP contribution in [0.3, 0.4) is 0 Å². The third kappa shape index (κ3) is 3.57. The normalized spacial score (nSPS) is 19.2. The van der Waals surface area contributed by atoms with Gasteiger partial charge in [0.05, 0.1) is 5.56 Å². The molecule has 1 aromatic rings. The van der Waals surface area contributed by atoms with Crippen LogP contribution in [0.1, 0.15) is 31.2 Å². The van der Waals surface area contributed by atoms with Gasteiger partial charge < -0.3 is 4.90 Å². The van der Waals surface area contributed by atoms with E-state index in [1.54, 1.807) is 0 Å². The van der Waals surface area contributed by atoms with Crippen LogP contribution in [0.5, 0.6) is 0 Å². The molecule has 0 spiro atoms. The fourth-order valence-electron chi connectivity index (χ4n) is 2.29. The van der Waals surface area contributed by atoms with E-state index in [1.165, 1.54) is 0 Å². The Kier molecular flexibility index (Phi) is 3.56. The molecule has 0 amide bonds. The van der Waals surface area contributed by atoms with Crippen molar-refractivity contribution in [2.24, 2.45) is 11.8 Å². The number of alkyl halides is 3. The third-order valence-corrected chi connectivity index (χ3v) is 3.98. The molecule has 20 heavy (non-hydrogen) atoms. The Morgan fingerprint density at radius 3 is 2.10 bits per heavy atom. The van der Waals surface area contributed by atoms with Gasteiger partial charge in [0.25, 0.3) is 0 Å². The smallest absolute Gasteiger partial charge is 0.356 e. The highest BCUT2D eigenvalue weighted by atomic mass is 35.5. The molecule has 1 heterocycles. The number of anilines is 1. The van der Waals surface area contributed by atoms with Crippen molar-refractivity contribution in [1.29, 1.82) is 0 Å². The molecule has 2 aliphatic rings. The summed E-state index contributed by atoms with van der Waals surface area (Å²) in [7, 11) is 0. The molecule has 0 aliphatic heterocycles. The number of pyridine rings is 1. The summed E-state index contributed by atoms with van der Waals surface area (Å²) in [5.41, 5.74) is -0.718. The number of rotatable bonds is 5. The van der Waals surface area contributed by atoms with E-state index in [-0.39, 0.29) is 5.15 Å². The minimum Gasteiger partial charge on any atom is -0.356 e. The predicted octanol–water partition coefficient (Wildman–Crippen LogP) is 4.38. The first kappa shape index (κ1) is 14.0. The lowest BCUT2D eigenvalue weighted by Crippen LogP contribution is -2.29. The van der Waals surface area contributed by atoms with Crippen LogP contribution in [0.4, 0.5) is 19.0 Å². The summed E-state index contributed by atoms with van der Waals surface area (Å²) < 4.78 is 38.6. The van der Waals surface area contributed by atoms with Crippen molar-refractivity contribution in [1.82, 2.24) is 4.98 Å². The number of hydrogen-bond donors (Lipinski definition) is 0. The Morgan fingerprint density at radius 2 is 1.65 bits per heavy atom. The van der Waals surface area contributed by atoms with Gasteiger partial charge in [-0.2, -0.15) is 13.2 Å². The molecule has 0 N–H and O–H groups in total. The molecule has 6 heteroatoms. The molecule has 0 bridgehead atoms. The fraction of sp³-hybridized carbons (Fsp3) is 0.643. The standard InChI is InChI=1S/C14H16ClF3N2/c15-12-5-11(14(16,17)18)6-13(19-12)20(7-9-1-2-9)8-10-3-4-10/h5-6,9-10H,1-4,7-8H2. The van der Waals surface area contributed by atoms with E-state index in [9.17, 15) is 13.2 Å². The Bertz CT molecular complexity index is 482. The van der Waals surface area contributed by atoms with E-state index in [2.05, 4.69) is 4.98 Å². The van der Waals surface area contributed by atoms with Crippen LogP contribution in [0.15, 0.2) is 12.1 Å². The van der Waals surface area contributed by atoms with E-state index in [0.717, 1.165) is 50.9 Å². The van der Waals surface area contributed by atoms with Crippen LogP contribution in [0.2, 0.25) is 5.15 Å².